The van der Waals surface area contributed by atoms with Crippen molar-refractivity contribution in [3.05, 3.63) is 48.5 Å². The summed E-state index contributed by atoms with van der Waals surface area (Å²) >= 11 is 0. The lowest BCUT2D eigenvalue weighted by Gasteiger charge is -2.34. The minimum Gasteiger partial charge on any atom is -0.0671 e. The number of hydrogen-bond acceptors (Lipinski definition) is 0. The van der Waals surface area contributed by atoms with Crippen LogP contribution in [0.1, 0.15) is 39.5 Å². The van der Waals surface area contributed by atoms with Gasteiger partial charge in [-0.3, -0.25) is 0 Å². The molecule has 0 spiro atoms. The summed E-state index contributed by atoms with van der Waals surface area (Å²) in [6.07, 6.45) is 5.30. The van der Waals surface area contributed by atoms with Crippen molar-refractivity contribution in [2.45, 2.75) is 77.8 Å². The topological polar surface area (TPSA) is 0 Å². The van der Waals surface area contributed by atoms with Crippen LogP contribution in [-0.4, -0.2) is 25.7 Å². The van der Waals surface area contributed by atoms with E-state index >= 15 is 0 Å². The van der Waals surface area contributed by atoms with Crippen LogP contribution in [0, 0.1) is 0 Å². The van der Waals surface area contributed by atoms with Gasteiger partial charge in [0.15, 0.2) is 0 Å². The van der Waals surface area contributed by atoms with E-state index in [1.165, 1.54) is 37.8 Å². The van der Waals surface area contributed by atoms with Gasteiger partial charge in [0.25, 0.3) is 0 Å². The van der Waals surface area contributed by atoms with Gasteiger partial charge in [0.1, 0.15) is 8.07 Å². The highest BCUT2D eigenvalue weighted by atomic mass is 28.3. The molecule has 2 aromatic rings. The minimum atomic E-state index is -1.68. The average Bonchev–Trinajstić information content (AvgIpc) is 2.69. The summed E-state index contributed by atoms with van der Waals surface area (Å²) in [7, 11) is -2.42. The third kappa shape index (κ3) is 5.55. The molecule has 0 amide bonds. The van der Waals surface area contributed by atoms with E-state index in [0.29, 0.717) is 0 Å². The average molecular weight is 411 g/mol. The van der Waals surface area contributed by atoms with Crippen LogP contribution in [0.3, 0.4) is 0 Å². The molecule has 146 valence electrons. The maximum atomic E-state index is 2.51. The fourth-order valence-electron chi connectivity index (χ4n) is 4.07. The predicted molar refractivity (Wildman–Crippen MR) is 132 cm³/mol. The first-order valence-corrected chi connectivity index (χ1v) is 18.2. The molecule has 0 atom stereocenters. The largest absolute Gasteiger partial charge is 0.118 e. The number of unbranched alkanes of at least 4 members (excludes halogenated alkanes) is 2. The molecule has 0 aliphatic carbocycles. The number of benzene rings is 2. The van der Waals surface area contributed by atoms with E-state index in [9.17, 15) is 0 Å². The highest BCUT2D eigenvalue weighted by Crippen LogP contribution is 2.22. The first kappa shape index (κ1) is 22.4. The third-order valence-electron chi connectivity index (χ3n) is 5.94. The molecule has 0 saturated heterocycles. The second-order valence-corrected chi connectivity index (χ2v) is 17.9. The van der Waals surface area contributed by atoms with Crippen molar-refractivity contribution in [1.82, 2.24) is 0 Å². The fraction of sp³-hybridized carbons (Fsp3) is 0.500. The molecule has 27 heavy (non-hydrogen) atoms. The molecule has 2 rings (SSSR count). The van der Waals surface area contributed by atoms with E-state index in [2.05, 4.69) is 88.6 Å². The van der Waals surface area contributed by atoms with Gasteiger partial charge in [-0.25, -0.2) is 0 Å². The lowest BCUT2D eigenvalue weighted by Crippen LogP contribution is -2.58. The van der Waals surface area contributed by atoms with Crippen molar-refractivity contribution in [3.63, 3.8) is 0 Å². The molecular weight excluding hydrogens is 373 g/mol. The minimum absolute atomic E-state index is 0.367. The normalized spacial score (nSPS) is 12.1. The van der Waals surface area contributed by atoms with Crippen molar-refractivity contribution in [2.75, 3.05) is 0 Å². The van der Waals surface area contributed by atoms with Crippen LogP contribution in [0.25, 0.3) is 0 Å². The molecule has 0 saturated carbocycles. The van der Waals surface area contributed by atoms with E-state index < -0.39 is 8.07 Å². The van der Waals surface area contributed by atoms with E-state index in [4.69, 9.17) is 0 Å². The van der Waals surface area contributed by atoms with Crippen LogP contribution in [0.5, 0.6) is 0 Å². The van der Waals surface area contributed by atoms with Crippen LogP contribution in [0.15, 0.2) is 48.5 Å². The first-order valence-electron chi connectivity index (χ1n) is 10.8. The van der Waals surface area contributed by atoms with Gasteiger partial charge in [0.05, 0.1) is 17.6 Å². The molecular formula is C24H38Si3. The molecule has 0 aliphatic rings. The molecule has 0 unspecified atom stereocenters. The molecule has 2 radical (unpaired) electrons. The van der Waals surface area contributed by atoms with E-state index in [1.807, 2.05) is 0 Å². The van der Waals surface area contributed by atoms with Crippen LogP contribution in [0.2, 0.25) is 38.3 Å². The van der Waals surface area contributed by atoms with Gasteiger partial charge in [0.2, 0.25) is 0 Å². The SMILES string of the molecule is CCCC[Si](CCCC)(c1ccc([Si](C)C)cc1)c1ccc([Si](C)C)cc1. The van der Waals surface area contributed by atoms with Crippen molar-refractivity contribution in [2.24, 2.45) is 0 Å². The van der Waals surface area contributed by atoms with Gasteiger partial charge in [-0.05, 0) is 12.1 Å². The van der Waals surface area contributed by atoms with E-state index in [0.717, 1.165) is 0 Å². The second-order valence-electron chi connectivity index (χ2n) is 8.44. The summed E-state index contributed by atoms with van der Waals surface area (Å²) < 4.78 is 0. The summed E-state index contributed by atoms with van der Waals surface area (Å²) in [5, 5.41) is 6.47. The summed E-state index contributed by atoms with van der Waals surface area (Å²) in [5.41, 5.74) is 0. The Balaban J connectivity index is 2.53. The standard InChI is InChI=1S/C24H38Si3/c1-7-9-19-27(20-10-8-2,23-15-11-21(12-16-23)25(3)4)24-17-13-22(14-18-24)26(5)6/h11-18H,7-10,19-20H2,1-6H3. The first-order chi connectivity index (χ1) is 12.9. The Hall–Kier alpha value is -0.909. The Kier molecular flexibility index (Phi) is 8.77. The van der Waals surface area contributed by atoms with Gasteiger partial charge in [-0.1, -0.05) is 135 Å². The van der Waals surface area contributed by atoms with Crippen LogP contribution < -0.4 is 20.7 Å². The van der Waals surface area contributed by atoms with Crippen molar-refractivity contribution >= 4 is 46.4 Å². The maximum Gasteiger partial charge on any atom is 0.118 e. The van der Waals surface area contributed by atoms with Crippen LogP contribution >= 0.6 is 0 Å². The Bertz CT molecular complexity index is 610. The quantitative estimate of drug-likeness (QED) is 0.495. The van der Waals surface area contributed by atoms with Crippen molar-refractivity contribution in [1.29, 1.82) is 0 Å². The van der Waals surface area contributed by atoms with Gasteiger partial charge < -0.3 is 0 Å². The highest BCUT2D eigenvalue weighted by Gasteiger charge is 2.35. The summed E-state index contributed by atoms with van der Waals surface area (Å²) in [4.78, 5) is 0. The molecule has 0 aromatic heterocycles. The smallest absolute Gasteiger partial charge is 0.0671 e. The number of rotatable bonds is 10. The van der Waals surface area contributed by atoms with Crippen molar-refractivity contribution in [3.8, 4) is 0 Å². The Morgan fingerprint density at radius 3 is 1.19 bits per heavy atom. The Morgan fingerprint density at radius 2 is 0.926 bits per heavy atom. The molecule has 0 fully saturated rings. The highest BCUT2D eigenvalue weighted by molar-refractivity contribution is 7.02. The van der Waals surface area contributed by atoms with Gasteiger partial charge >= 0.3 is 0 Å². The van der Waals surface area contributed by atoms with Gasteiger partial charge in [0, 0.05) is 0 Å². The Morgan fingerprint density at radius 1 is 0.593 bits per heavy atom. The molecule has 0 bridgehead atoms. The molecule has 3 heteroatoms. The lowest BCUT2D eigenvalue weighted by molar-refractivity contribution is 0.838. The monoisotopic (exact) mass is 410 g/mol. The zero-order valence-corrected chi connectivity index (χ0v) is 21.4. The molecule has 2 aromatic carbocycles. The van der Waals surface area contributed by atoms with Gasteiger partial charge in [-0.2, -0.15) is 0 Å². The fourth-order valence-corrected chi connectivity index (χ4v) is 11.0. The zero-order chi connectivity index (χ0) is 19.9. The summed E-state index contributed by atoms with van der Waals surface area (Å²) in [6.45, 7) is 14.3. The summed E-state index contributed by atoms with van der Waals surface area (Å²) in [6, 6.07) is 22.6. The maximum absolute atomic E-state index is 2.51. The zero-order valence-electron chi connectivity index (χ0n) is 18.4. The Labute approximate surface area is 172 Å². The second kappa shape index (κ2) is 10.6. The van der Waals surface area contributed by atoms with E-state index in [-0.39, 0.29) is 17.6 Å². The van der Waals surface area contributed by atoms with Crippen molar-refractivity contribution < 1.29 is 0 Å². The van der Waals surface area contributed by atoms with E-state index in [1.54, 1.807) is 20.7 Å². The molecule has 0 N–H and O–H groups in total. The predicted octanol–water partition coefficient (Wildman–Crippen LogP) is 4.77. The third-order valence-corrected chi connectivity index (χ3v) is 14.2. The number of hydrogen-bond donors (Lipinski definition) is 0. The van der Waals surface area contributed by atoms with Crippen LogP contribution in [-0.2, 0) is 0 Å². The van der Waals surface area contributed by atoms with Crippen LogP contribution in [0.4, 0.5) is 0 Å². The molecule has 0 aliphatic heterocycles. The molecule has 0 heterocycles. The van der Waals surface area contributed by atoms with Gasteiger partial charge in [-0.15, -0.1) is 0 Å². The molecule has 0 nitrogen and oxygen atoms in total. The lowest BCUT2D eigenvalue weighted by atomic mass is 10.3. The summed E-state index contributed by atoms with van der Waals surface area (Å²) in [5.74, 6) is 0.